The van der Waals surface area contributed by atoms with Gasteiger partial charge in [-0.3, -0.25) is 0 Å². The van der Waals surface area contributed by atoms with E-state index in [2.05, 4.69) is 42.1 Å². The van der Waals surface area contributed by atoms with Crippen molar-refractivity contribution in [3.05, 3.63) is 250 Å². The second kappa shape index (κ2) is 52.6. The van der Waals surface area contributed by atoms with E-state index in [1.54, 1.807) is 76.0 Å². The summed E-state index contributed by atoms with van der Waals surface area (Å²) in [5.74, 6) is 4.25. The summed E-state index contributed by atoms with van der Waals surface area (Å²) >= 11 is 0. The minimum atomic E-state index is -4.00. The largest absolute Gasteiger partial charge is 0.493 e. The molecule has 0 unspecified atom stereocenters. The van der Waals surface area contributed by atoms with Crippen LogP contribution >= 0.6 is 0 Å². The van der Waals surface area contributed by atoms with Gasteiger partial charge in [0.2, 0.25) is 12.5 Å². The van der Waals surface area contributed by atoms with Gasteiger partial charge >= 0.3 is 18.3 Å². The number of amides is 3. The third-order valence-electron chi connectivity index (χ3n) is 17.0. The lowest BCUT2D eigenvalue weighted by Crippen LogP contribution is -2.42. The summed E-state index contributed by atoms with van der Waals surface area (Å²) in [7, 11) is 4.50. The number of allylic oxidation sites excluding steroid dienone is 5. The van der Waals surface area contributed by atoms with Crippen molar-refractivity contribution in [3.8, 4) is 28.7 Å². The molecule has 610 valence electrons. The minimum absolute atomic E-state index is 0. The number of ether oxygens (including phenoxy) is 6. The van der Waals surface area contributed by atoms with E-state index in [9.17, 15) is 40.0 Å². The molecule has 0 atom stereocenters. The van der Waals surface area contributed by atoms with Crippen LogP contribution < -0.4 is 46.2 Å². The maximum absolute atomic E-state index is 13.0. The number of hydrogen-bond donors (Lipinski definition) is 4. The van der Waals surface area contributed by atoms with E-state index in [-0.39, 0.29) is 26.5 Å². The maximum atomic E-state index is 13.0. The molecule has 17 nitrogen and oxygen atoms in total. The number of fused-ring (bicyclic) bond motifs is 1. The zero-order chi connectivity index (χ0) is 82.5. The third kappa shape index (κ3) is 38.7. The van der Waals surface area contributed by atoms with Gasteiger partial charge in [0.25, 0.3) is 10.0 Å². The summed E-state index contributed by atoms with van der Waals surface area (Å²) in [4.78, 5) is 26.0. The number of hydrogen-bond acceptors (Lipinski definition) is 13. The highest BCUT2D eigenvalue weighted by molar-refractivity contribution is 7.90. The van der Waals surface area contributed by atoms with Crippen molar-refractivity contribution in [1.29, 1.82) is 0 Å². The van der Waals surface area contributed by atoms with Crippen molar-refractivity contribution in [2.24, 2.45) is 11.8 Å². The van der Waals surface area contributed by atoms with E-state index in [4.69, 9.17) is 40.9 Å². The van der Waals surface area contributed by atoms with Crippen LogP contribution in [0.4, 0.5) is 48.6 Å². The van der Waals surface area contributed by atoms with Crippen molar-refractivity contribution < 1.29 is 68.4 Å². The van der Waals surface area contributed by atoms with Crippen molar-refractivity contribution in [3.63, 3.8) is 0 Å². The highest BCUT2D eigenvalue weighted by Crippen LogP contribution is 2.39. The van der Waals surface area contributed by atoms with Gasteiger partial charge < -0.3 is 60.7 Å². The molecule has 1 aromatic heterocycles. The summed E-state index contributed by atoms with van der Waals surface area (Å²) in [5, 5.41) is 2.64. The first-order chi connectivity index (χ1) is 52.1. The molecule has 2 fully saturated rings. The molecule has 0 aliphatic carbocycles. The first kappa shape index (κ1) is 98.6. The highest BCUT2D eigenvalue weighted by atomic mass is 32.2. The number of halogens is 5. The third-order valence-corrected chi connectivity index (χ3v) is 18.6. The molecular weight excluding hydrogens is 1440 g/mol. The molecular formula is C88H122F5N7O10S. The van der Waals surface area contributed by atoms with Gasteiger partial charge in [0.05, 0.1) is 33.3 Å². The number of para-hydroxylation sites is 2. The van der Waals surface area contributed by atoms with Gasteiger partial charge in [0, 0.05) is 75.7 Å². The van der Waals surface area contributed by atoms with Crippen LogP contribution in [0.25, 0.3) is 6.08 Å². The van der Waals surface area contributed by atoms with E-state index >= 15 is 0 Å². The maximum Gasteiger partial charge on any atom is 0.409 e. The Balaban J connectivity index is 0.000000623. The number of alkyl halides is 3. The molecule has 2 saturated heterocycles. The number of piperidine rings is 2. The predicted molar refractivity (Wildman–Crippen MR) is 446 cm³/mol. The molecule has 3 aliphatic heterocycles. The van der Waals surface area contributed by atoms with Crippen molar-refractivity contribution >= 4 is 45.3 Å². The Morgan fingerprint density at radius 3 is 1.59 bits per heavy atom. The average Bonchev–Trinajstić information content (AvgIpc) is 1.68. The molecule has 3 amide bonds. The summed E-state index contributed by atoms with van der Waals surface area (Å²) in [5.41, 5.74) is 30.1. The van der Waals surface area contributed by atoms with Crippen LogP contribution in [0.1, 0.15) is 137 Å². The molecule has 0 saturated carbocycles. The van der Waals surface area contributed by atoms with Gasteiger partial charge in [-0.05, 0) is 237 Å². The number of rotatable bonds is 11. The monoisotopic (exact) mass is 1560 g/mol. The van der Waals surface area contributed by atoms with Crippen LogP contribution in [0.3, 0.4) is 0 Å². The smallest absolute Gasteiger partial charge is 0.409 e. The molecule has 7 N–H and O–H groups in total. The van der Waals surface area contributed by atoms with Crippen LogP contribution in [0, 0.1) is 71.9 Å². The topological polar surface area (TPSA) is 225 Å². The van der Waals surface area contributed by atoms with Gasteiger partial charge in [0.1, 0.15) is 11.6 Å². The number of urea groups is 1. The first-order valence-electron chi connectivity index (χ1n) is 36.4. The van der Waals surface area contributed by atoms with Gasteiger partial charge in [-0.2, -0.15) is 13.2 Å². The number of carbonyl (C=O) groups excluding carboxylic acids is 2. The Kier molecular flexibility index (Phi) is 46.8. The molecule has 8 aromatic rings. The number of nitrogens with two attached hydrogens (primary N) is 3. The standard InChI is InChI=1S/C12H13NO2S.C12H16O3.C11H12F2.C11H12O2.C8H16N2O.C8H15NO2.2C8H11N.C7H9N.C2H3F3.CH4/c1-10-3-5-12(6-4-10)16(14,15)13-8-7-11(2)9-13;1-5-6-9-7-10(13-2)12(15-4)11(8-9)14-3;1-2-3-4-5-9-6-7-10(12)8-11(9)13;1-2-3-4-9-5-6-10-11(7-9)13-8-12-10;1-7-3-5-10(6-4-7)8(11)9-2;1-7-3-5-9(6-4-7)8(10)11-2;1-6-3-4-7(2)8(9)5-6;1-6-4-3-5-7(2)8(6)9;1-6-4-2-3-5-7(6)8;1-2(3,4)5;/h3-9H,1-2H3;5-8H,1-4H3;2-3,6-8H,4-5H2,1H3;2-3,5-7H,4,8H2,1H3;7H,3-6H2,1-2H3,(H,9,11);7H,3-6H2,1-2H3;2*3-5H,9H2,1-2H3;2-5H,8H2,1H3;1H3;1H4/b;6-5+;2*3-2+;;;;;;;. The minimum Gasteiger partial charge on any atom is -0.493 e. The van der Waals surface area contributed by atoms with E-state index in [0.29, 0.717) is 40.9 Å². The fourth-order valence-corrected chi connectivity index (χ4v) is 11.4. The SMILES string of the molecule is C.C/C=C/CCc1ccc(F)cc1F.C/C=C/Cc1ccc2c(c1)OCO2.C/C=C/c1cc(OC)c(OC)c(OC)c1.CC(F)(F)F.CNC(=O)N1CCC(C)CC1.COC(=O)N1CCC(C)CC1.Cc1ccc(C)c(N)c1.Cc1ccc(S(=O)(=O)n2ccc(C)c2)cc1.Cc1cccc(C)c1N.Cc1ccccc1N. The fraction of sp³-hybridized carbons (Fsp3) is 0.386. The first-order valence-corrected chi connectivity index (χ1v) is 37.8. The predicted octanol–water partition coefficient (Wildman–Crippen LogP) is 21.2. The number of nitrogen functional groups attached to an aromatic ring is 3. The van der Waals surface area contributed by atoms with Crippen LogP contribution in [0.5, 0.6) is 28.7 Å². The number of benzene rings is 7. The molecule has 0 bridgehead atoms. The second-order valence-electron chi connectivity index (χ2n) is 26.3. The number of nitrogens with one attached hydrogen (secondary N) is 1. The van der Waals surface area contributed by atoms with Gasteiger partial charge in [-0.15, -0.1) is 0 Å². The van der Waals surface area contributed by atoms with Crippen LogP contribution in [-0.4, -0.2) is 109 Å². The lowest BCUT2D eigenvalue weighted by molar-refractivity contribution is -0.110. The summed E-state index contributed by atoms with van der Waals surface area (Å²) < 4.78 is 113. The summed E-state index contributed by atoms with van der Waals surface area (Å²) in [6.45, 7) is 28.3. The zero-order valence-electron chi connectivity index (χ0n) is 67.5. The number of anilines is 3. The Labute approximate surface area is 658 Å². The highest BCUT2D eigenvalue weighted by Gasteiger charge is 2.22. The van der Waals surface area contributed by atoms with Crippen LogP contribution in [0.2, 0.25) is 0 Å². The van der Waals surface area contributed by atoms with Crippen molar-refractivity contribution in [1.82, 2.24) is 19.1 Å². The number of aromatic nitrogens is 1. The molecule has 0 radical (unpaired) electrons. The van der Waals surface area contributed by atoms with E-state index in [0.717, 1.165) is 150 Å². The Hall–Kier alpha value is -10.4. The van der Waals surface area contributed by atoms with Crippen molar-refractivity contribution in [2.45, 2.75) is 153 Å². The molecule has 11 rings (SSSR count). The molecule has 111 heavy (non-hydrogen) atoms. The van der Waals surface area contributed by atoms with Crippen molar-refractivity contribution in [2.75, 3.05) is 85.7 Å². The normalized spacial score (nSPS) is 12.7. The number of likely N-dealkylation sites (tertiary alicyclic amines) is 2. The quantitative estimate of drug-likeness (QED) is 0.0538. The van der Waals surface area contributed by atoms with E-state index in [1.165, 1.54) is 34.3 Å². The Morgan fingerprint density at radius 2 is 1.14 bits per heavy atom. The Bertz CT molecular complexity index is 4120. The molecule has 7 aromatic carbocycles. The molecule has 4 heterocycles. The number of nitrogens with zero attached hydrogens (tertiary/aromatic N) is 3. The summed E-state index contributed by atoms with van der Waals surface area (Å²) in [6, 6.07) is 42.2. The fourth-order valence-electron chi connectivity index (χ4n) is 10.2. The molecule has 3 aliphatic rings. The van der Waals surface area contributed by atoms with Gasteiger partial charge in [-0.1, -0.05) is 136 Å². The lowest BCUT2D eigenvalue weighted by atomic mass is 10.00. The van der Waals surface area contributed by atoms with Gasteiger partial charge in [-0.25, -0.2) is 30.8 Å². The number of carbonyl (C=O) groups is 2. The Morgan fingerprint density at radius 1 is 0.604 bits per heavy atom. The molecule has 23 heteroatoms. The number of methoxy groups -OCH3 is 4. The van der Waals surface area contributed by atoms with E-state index in [1.807, 2.05) is 183 Å². The lowest BCUT2D eigenvalue weighted by Gasteiger charge is -2.29. The zero-order valence-corrected chi connectivity index (χ0v) is 68.3. The average molecular weight is 1570 g/mol. The van der Waals surface area contributed by atoms with Gasteiger partial charge in [0.15, 0.2) is 23.0 Å². The van der Waals surface area contributed by atoms with E-state index < -0.39 is 27.8 Å². The number of aryl methyl sites for hydroxylation is 8. The molecule has 0 spiro atoms. The second-order valence-corrected chi connectivity index (χ2v) is 28.1. The van der Waals surface area contributed by atoms with Crippen LogP contribution in [-0.2, 0) is 27.6 Å². The summed E-state index contributed by atoms with van der Waals surface area (Å²) in [6.07, 6.45) is 17.8. The van der Waals surface area contributed by atoms with Crippen LogP contribution in [0.15, 0.2) is 187 Å².